The van der Waals surface area contributed by atoms with Crippen LogP contribution in [0.1, 0.15) is 12.5 Å². The highest BCUT2D eigenvalue weighted by Gasteiger charge is 2.04. The summed E-state index contributed by atoms with van der Waals surface area (Å²) in [6.07, 6.45) is -0.162. The second-order valence-corrected chi connectivity index (χ2v) is 3.35. The first-order chi connectivity index (χ1) is 5.59. The van der Waals surface area contributed by atoms with Crippen LogP contribution in [-0.4, -0.2) is 11.2 Å². The molecule has 0 aliphatic rings. The van der Waals surface area contributed by atoms with E-state index >= 15 is 0 Å². The van der Waals surface area contributed by atoms with E-state index < -0.39 is 6.10 Å². The van der Waals surface area contributed by atoms with E-state index in [1.54, 1.807) is 19.1 Å². The van der Waals surface area contributed by atoms with Crippen molar-refractivity contribution in [2.45, 2.75) is 24.3 Å². The van der Waals surface area contributed by atoms with Gasteiger partial charge in [0.1, 0.15) is 5.82 Å². The molecule has 3 heteroatoms. The lowest BCUT2D eigenvalue weighted by molar-refractivity contribution is 0.194. The van der Waals surface area contributed by atoms with Gasteiger partial charge in [-0.15, -0.1) is 12.6 Å². The van der Waals surface area contributed by atoms with Gasteiger partial charge in [0.25, 0.3) is 0 Å². The van der Waals surface area contributed by atoms with Crippen LogP contribution in [0.25, 0.3) is 0 Å². The number of rotatable bonds is 2. The first kappa shape index (κ1) is 9.55. The van der Waals surface area contributed by atoms with Crippen LogP contribution in [0.4, 0.5) is 4.39 Å². The van der Waals surface area contributed by atoms with E-state index in [9.17, 15) is 4.39 Å². The summed E-state index contributed by atoms with van der Waals surface area (Å²) in [5, 5.41) is 9.01. The Labute approximate surface area is 76.6 Å². The van der Waals surface area contributed by atoms with Gasteiger partial charge in [-0.05, 0) is 24.6 Å². The molecule has 0 spiro atoms. The Morgan fingerprint density at radius 3 is 2.75 bits per heavy atom. The lowest BCUT2D eigenvalue weighted by Crippen LogP contribution is -2.05. The van der Waals surface area contributed by atoms with Crippen LogP contribution in [0.2, 0.25) is 0 Å². The van der Waals surface area contributed by atoms with Gasteiger partial charge in [0.05, 0.1) is 6.10 Å². The fourth-order valence-electron chi connectivity index (χ4n) is 1.02. The lowest BCUT2D eigenvalue weighted by atomic mass is 10.1. The first-order valence-corrected chi connectivity index (χ1v) is 4.20. The Morgan fingerprint density at radius 2 is 2.25 bits per heavy atom. The van der Waals surface area contributed by atoms with E-state index in [0.717, 1.165) is 0 Å². The number of thiol groups is 1. The van der Waals surface area contributed by atoms with Crippen molar-refractivity contribution in [1.82, 2.24) is 0 Å². The summed E-state index contributed by atoms with van der Waals surface area (Å²) >= 11 is 3.99. The Bertz CT molecular complexity index is 273. The van der Waals surface area contributed by atoms with Gasteiger partial charge in [-0.25, -0.2) is 4.39 Å². The number of benzene rings is 1. The summed E-state index contributed by atoms with van der Waals surface area (Å²) in [6.45, 7) is 1.63. The molecule has 0 aliphatic carbocycles. The topological polar surface area (TPSA) is 20.2 Å². The second kappa shape index (κ2) is 3.92. The van der Waals surface area contributed by atoms with Gasteiger partial charge in [0, 0.05) is 11.3 Å². The van der Waals surface area contributed by atoms with Crippen LogP contribution in [0.3, 0.4) is 0 Å². The summed E-state index contributed by atoms with van der Waals surface area (Å²) in [5.74, 6) is -0.302. The number of aliphatic hydroxyl groups is 1. The molecule has 1 rings (SSSR count). The molecule has 1 unspecified atom stereocenters. The molecule has 0 heterocycles. The zero-order valence-corrected chi connectivity index (χ0v) is 7.68. The van der Waals surface area contributed by atoms with E-state index in [1.807, 2.05) is 0 Å². The number of halogens is 1. The maximum absolute atomic E-state index is 13.1. The molecule has 0 saturated carbocycles. The summed E-state index contributed by atoms with van der Waals surface area (Å²) < 4.78 is 13.1. The van der Waals surface area contributed by atoms with Crippen molar-refractivity contribution in [3.05, 3.63) is 29.6 Å². The van der Waals surface area contributed by atoms with E-state index in [4.69, 9.17) is 5.11 Å². The van der Waals surface area contributed by atoms with Crippen LogP contribution in [0.5, 0.6) is 0 Å². The smallest absolute Gasteiger partial charge is 0.127 e. The van der Waals surface area contributed by atoms with Crippen molar-refractivity contribution >= 4 is 12.6 Å². The molecule has 12 heavy (non-hydrogen) atoms. The number of hydrogen-bond donors (Lipinski definition) is 2. The highest BCUT2D eigenvalue weighted by Crippen LogP contribution is 2.14. The summed E-state index contributed by atoms with van der Waals surface area (Å²) in [7, 11) is 0. The van der Waals surface area contributed by atoms with Crippen molar-refractivity contribution in [3.63, 3.8) is 0 Å². The molecule has 0 amide bonds. The summed E-state index contributed by atoms with van der Waals surface area (Å²) in [6, 6.07) is 4.70. The second-order valence-electron chi connectivity index (χ2n) is 2.83. The minimum atomic E-state index is -0.509. The highest BCUT2D eigenvalue weighted by molar-refractivity contribution is 7.80. The van der Waals surface area contributed by atoms with Crippen molar-refractivity contribution in [3.8, 4) is 0 Å². The third-order valence-corrected chi connectivity index (χ3v) is 1.83. The molecule has 1 aromatic carbocycles. The third-order valence-electron chi connectivity index (χ3n) is 1.55. The van der Waals surface area contributed by atoms with E-state index in [1.165, 1.54) is 6.07 Å². The monoisotopic (exact) mass is 186 g/mol. The maximum atomic E-state index is 13.1. The van der Waals surface area contributed by atoms with Gasteiger partial charge < -0.3 is 5.11 Å². The van der Waals surface area contributed by atoms with Gasteiger partial charge in [-0.1, -0.05) is 6.07 Å². The quantitative estimate of drug-likeness (QED) is 0.677. The van der Waals surface area contributed by atoms with Crippen LogP contribution in [0, 0.1) is 5.82 Å². The summed E-state index contributed by atoms with van der Waals surface area (Å²) in [4.78, 5) is 0.599. The normalized spacial score (nSPS) is 13.0. The van der Waals surface area contributed by atoms with Crippen molar-refractivity contribution in [2.75, 3.05) is 0 Å². The minimum absolute atomic E-state index is 0.302. The highest BCUT2D eigenvalue weighted by atomic mass is 32.1. The van der Waals surface area contributed by atoms with Crippen LogP contribution >= 0.6 is 12.6 Å². The lowest BCUT2D eigenvalue weighted by Gasteiger charge is -2.05. The van der Waals surface area contributed by atoms with E-state index in [0.29, 0.717) is 16.9 Å². The molecule has 0 aromatic heterocycles. The van der Waals surface area contributed by atoms with Crippen molar-refractivity contribution < 1.29 is 9.50 Å². The fourth-order valence-corrected chi connectivity index (χ4v) is 1.21. The SMILES string of the molecule is CC(O)Cc1ccc(S)cc1F. The van der Waals surface area contributed by atoms with Crippen LogP contribution < -0.4 is 0 Å². The molecule has 1 nitrogen and oxygen atoms in total. The molecule has 1 atom stereocenters. The predicted octanol–water partition coefficient (Wildman–Crippen LogP) is 2.04. The van der Waals surface area contributed by atoms with Crippen LogP contribution in [0.15, 0.2) is 23.1 Å². The number of aliphatic hydroxyl groups excluding tert-OH is 1. The molecule has 0 fully saturated rings. The molecule has 0 radical (unpaired) electrons. The minimum Gasteiger partial charge on any atom is -0.393 e. The fraction of sp³-hybridized carbons (Fsp3) is 0.333. The predicted molar refractivity (Wildman–Crippen MR) is 49.0 cm³/mol. The Morgan fingerprint density at radius 1 is 1.58 bits per heavy atom. The van der Waals surface area contributed by atoms with E-state index in [-0.39, 0.29) is 5.82 Å². The third kappa shape index (κ3) is 2.50. The Balaban J connectivity index is 2.86. The van der Waals surface area contributed by atoms with Gasteiger partial charge >= 0.3 is 0 Å². The molecular formula is C9H11FOS. The molecule has 0 saturated heterocycles. The zero-order chi connectivity index (χ0) is 9.14. The standard InChI is InChI=1S/C9H11FOS/c1-6(11)4-7-2-3-8(12)5-9(7)10/h2-3,5-6,11-12H,4H2,1H3. The van der Waals surface area contributed by atoms with Gasteiger partial charge in [-0.2, -0.15) is 0 Å². The van der Waals surface area contributed by atoms with Crippen molar-refractivity contribution in [2.24, 2.45) is 0 Å². The molecule has 0 bridgehead atoms. The van der Waals surface area contributed by atoms with Gasteiger partial charge in [-0.3, -0.25) is 0 Å². The summed E-state index contributed by atoms with van der Waals surface area (Å²) in [5.41, 5.74) is 0.530. The largest absolute Gasteiger partial charge is 0.393 e. The van der Waals surface area contributed by atoms with Gasteiger partial charge in [0.15, 0.2) is 0 Å². The van der Waals surface area contributed by atoms with Gasteiger partial charge in [0.2, 0.25) is 0 Å². The average molecular weight is 186 g/mol. The first-order valence-electron chi connectivity index (χ1n) is 3.75. The maximum Gasteiger partial charge on any atom is 0.127 e. The Hall–Kier alpha value is -0.540. The van der Waals surface area contributed by atoms with E-state index in [2.05, 4.69) is 12.6 Å². The molecule has 66 valence electrons. The molecular weight excluding hydrogens is 175 g/mol. The Kier molecular flexibility index (Phi) is 3.12. The molecule has 1 aromatic rings. The average Bonchev–Trinajstić information content (AvgIpc) is 1.94. The molecule has 1 N–H and O–H groups in total. The zero-order valence-electron chi connectivity index (χ0n) is 6.79. The molecule has 0 aliphatic heterocycles. The van der Waals surface area contributed by atoms with Crippen molar-refractivity contribution in [1.29, 1.82) is 0 Å². The van der Waals surface area contributed by atoms with Crippen LogP contribution in [-0.2, 0) is 6.42 Å². The number of hydrogen-bond acceptors (Lipinski definition) is 2.